The van der Waals surface area contributed by atoms with Crippen molar-refractivity contribution >= 4 is 5.97 Å². The van der Waals surface area contributed by atoms with E-state index in [0.717, 1.165) is 32.4 Å². The number of piperidine rings is 1. The van der Waals surface area contributed by atoms with E-state index >= 15 is 0 Å². The molecule has 0 aromatic carbocycles. The Hall–Kier alpha value is -1.36. The lowest BCUT2D eigenvalue weighted by molar-refractivity contribution is -0.148. The summed E-state index contributed by atoms with van der Waals surface area (Å²) < 4.78 is 6.77. The number of carbonyl (C=O) groups excluding carboxylic acids is 1. The van der Waals surface area contributed by atoms with Gasteiger partial charge in [-0.25, -0.2) is 0 Å². The fraction of sp³-hybridized carbons (Fsp3) is 0.692. The Morgan fingerprint density at radius 2 is 2.39 bits per heavy atom. The lowest BCUT2D eigenvalue weighted by atomic mass is 10.0. The van der Waals surface area contributed by atoms with Crippen molar-refractivity contribution in [3.8, 4) is 0 Å². The SMILES string of the molecule is COC(=O)[C@H]1CCCCN1CCc1ccnn1C. The van der Waals surface area contributed by atoms with Crippen LogP contribution < -0.4 is 0 Å². The number of ether oxygens (including phenoxy) is 1. The van der Waals surface area contributed by atoms with Crippen molar-refractivity contribution in [3.05, 3.63) is 18.0 Å². The third-order valence-electron chi connectivity index (χ3n) is 3.66. The van der Waals surface area contributed by atoms with Crippen molar-refractivity contribution in [1.29, 1.82) is 0 Å². The number of rotatable bonds is 4. The lowest BCUT2D eigenvalue weighted by Crippen LogP contribution is -2.46. The Labute approximate surface area is 108 Å². The molecule has 1 atom stereocenters. The molecule has 1 aromatic heterocycles. The number of aromatic nitrogens is 2. The summed E-state index contributed by atoms with van der Waals surface area (Å²) in [5, 5.41) is 4.16. The molecule has 1 saturated heterocycles. The number of esters is 1. The second-order valence-electron chi connectivity index (χ2n) is 4.77. The molecule has 1 fully saturated rings. The maximum absolute atomic E-state index is 11.7. The van der Waals surface area contributed by atoms with E-state index in [0.29, 0.717) is 0 Å². The van der Waals surface area contributed by atoms with Gasteiger partial charge in [0.25, 0.3) is 0 Å². The fourth-order valence-electron chi connectivity index (χ4n) is 2.57. The van der Waals surface area contributed by atoms with Crippen LogP contribution in [0.4, 0.5) is 0 Å². The minimum atomic E-state index is -0.0975. The molecule has 1 aliphatic rings. The molecular formula is C13H21N3O2. The molecule has 1 aromatic rings. The van der Waals surface area contributed by atoms with Crippen molar-refractivity contribution < 1.29 is 9.53 Å². The van der Waals surface area contributed by atoms with Gasteiger partial charge >= 0.3 is 5.97 Å². The molecule has 0 radical (unpaired) electrons. The summed E-state index contributed by atoms with van der Waals surface area (Å²) in [6.07, 6.45) is 5.92. The first-order chi connectivity index (χ1) is 8.72. The van der Waals surface area contributed by atoms with Crippen LogP contribution in [0.2, 0.25) is 0 Å². The van der Waals surface area contributed by atoms with Crippen molar-refractivity contribution in [2.45, 2.75) is 31.7 Å². The van der Waals surface area contributed by atoms with E-state index in [-0.39, 0.29) is 12.0 Å². The summed E-state index contributed by atoms with van der Waals surface area (Å²) in [7, 11) is 3.42. The molecule has 5 heteroatoms. The van der Waals surface area contributed by atoms with E-state index in [1.807, 2.05) is 24.0 Å². The number of hydrogen-bond acceptors (Lipinski definition) is 4. The number of carbonyl (C=O) groups is 1. The highest BCUT2D eigenvalue weighted by atomic mass is 16.5. The van der Waals surface area contributed by atoms with Crippen LogP contribution in [0.15, 0.2) is 12.3 Å². The van der Waals surface area contributed by atoms with E-state index in [1.165, 1.54) is 19.2 Å². The van der Waals surface area contributed by atoms with Crippen LogP contribution in [0.3, 0.4) is 0 Å². The molecular weight excluding hydrogens is 230 g/mol. The Morgan fingerprint density at radius 3 is 3.06 bits per heavy atom. The topological polar surface area (TPSA) is 47.4 Å². The molecule has 100 valence electrons. The average Bonchev–Trinajstić information content (AvgIpc) is 2.81. The standard InChI is InChI=1S/C13H21N3O2/c1-15-11(6-8-14-15)7-10-16-9-4-3-5-12(16)13(17)18-2/h6,8,12H,3-5,7,9-10H2,1-2H3/t12-/m1/s1. The Bertz CT molecular complexity index is 403. The van der Waals surface area contributed by atoms with Gasteiger partial charge in [0.2, 0.25) is 0 Å². The highest BCUT2D eigenvalue weighted by Gasteiger charge is 2.28. The maximum atomic E-state index is 11.7. The summed E-state index contributed by atoms with van der Waals surface area (Å²) >= 11 is 0. The van der Waals surface area contributed by atoms with E-state index < -0.39 is 0 Å². The zero-order valence-corrected chi connectivity index (χ0v) is 11.1. The molecule has 2 rings (SSSR count). The monoisotopic (exact) mass is 251 g/mol. The molecule has 0 aliphatic carbocycles. The Morgan fingerprint density at radius 1 is 1.56 bits per heavy atom. The van der Waals surface area contributed by atoms with Gasteiger partial charge in [-0.3, -0.25) is 14.4 Å². The predicted molar refractivity (Wildman–Crippen MR) is 68.1 cm³/mol. The largest absolute Gasteiger partial charge is 0.468 e. The van der Waals surface area contributed by atoms with Gasteiger partial charge < -0.3 is 4.74 Å². The molecule has 1 aliphatic heterocycles. The zero-order chi connectivity index (χ0) is 13.0. The summed E-state index contributed by atoms with van der Waals surface area (Å²) in [5.74, 6) is -0.0975. The molecule has 0 unspecified atom stereocenters. The van der Waals surface area contributed by atoms with E-state index in [1.54, 1.807) is 0 Å². The summed E-state index contributed by atoms with van der Waals surface area (Å²) in [4.78, 5) is 14.0. The molecule has 0 amide bonds. The van der Waals surface area contributed by atoms with Gasteiger partial charge in [0.1, 0.15) is 6.04 Å². The van der Waals surface area contributed by atoms with E-state index in [4.69, 9.17) is 4.74 Å². The minimum Gasteiger partial charge on any atom is -0.468 e. The zero-order valence-electron chi connectivity index (χ0n) is 11.1. The molecule has 2 heterocycles. The van der Waals surface area contributed by atoms with Gasteiger partial charge in [-0.05, 0) is 25.5 Å². The van der Waals surface area contributed by atoms with Crippen molar-refractivity contribution in [2.75, 3.05) is 20.2 Å². The predicted octanol–water partition coefficient (Wildman–Crippen LogP) is 0.990. The van der Waals surface area contributed by atoms with Crippen LogP contribution in [0, 0.1) is 0 Å². The van der Waals surface area contributed by atoms with Crippen LogP contribution in [0.5, 0.6) is 0 Å². The molecule has 5 nitrogen and oxygen atoms in total. The number of aryl methyl sites for hydroxylation is 1. The maximum Gasteiger partial charge on any atom is 0.323 e. The van der Waals surface area contributed by atoms with Gasteiger partial charge in [-0.1, -0.05) is 6.42 Å². The first-order valence-electron chi connectivity index (χ1n) is 6.51. The fourth-order valence-corrected chi connectivity index (χ4v) is 2.57. The minimum absolute atomic E-state index is 0.0584. The first kappa shape index (κ1) is 13.1. The van der Waals surface area contributed by atoms with E-state index in [9.17, 15) is 4.79 Å². The average molecular weight is 251 g/mol. The van der Waals surface area contributed by atoms with Crippen LogP contribution >= 0.6 is 0 Å². The number of nitrogens with zero attached hydrogens (tertiary/aromatic N) is 3. The summed E-state index contributed by atoms with van der Waals surface area (Å²) in [6.45, 7) is 1.87. The van der Waals surface area contributed by atoms with Crippen LogP contribution in [0.25, 0.3) is 0 Å². The number of likely N-dealkylation sites (tertiary alicyclic amines) is 1. The van der Waals surface area contributed by atoms with Crippen LogP contribution in [-0.2, 0) is 23.0 Å². The second kappa shape index (κ2) is 6.00. The Balaban J connectivity index is 1.93. The Kier molecular flexibility index (Phi) is 4.36. The molecule has 0 saturated carbocycles. The third-order valence-corrected chi connectivity index (χ3v) is 3.66. The highest BCUT2D eigenvalue weighted by Crippen LogP contribution is 2.18. The first-order valence-corrected chi connectivity index (χ1v) is 6.51. The smallest absolute Gasteiger partial charge is 0.323 e. The molecule has 18 heavy (non-hydrogen) atoms. The second-order valence-corrected chi connectivity index (χ2v) is 4.77. The van der Waals surface area contributed by atoms with Crippen LogP contribution in [0.1, 0.15) is 25.0 Å². The van der Waals surface area contributed by atoms with Gasteiger partial charge in [0, 0.05) is 31.9 Å². The van der Waals surface area contributed by atoms with Crippen molar-refractivity contribution in [1.82, 2.24) is 14.7 Å². The summed E-state index contributed by atoms with van der Waals surface area (Å²) in [5.41, 5.74) is 1.20. The van der Waals surface area contributed by atoms with Gasteiger partial charge in [-0.15, -0.1) is 0 Å². The van der Waals surface area contributed by atoms with Gasteiger partial charge in [0.15, 0.2) is 0 Å². The quantitative estimate of drug-likeness (QED) is 0.749. The number of methoxy groups -OCH3 is 1. The van der Waals surface area contributed by atoms with Crippen molar-refractivity contribution in [2.24, 2.45) is 7.05 Å². The van der Waals surface area contributed by atoms with Crippen LogP contribution in [-0.4, -0.2) is 46.9 Å². The molecule has 0 spiro atoms. The van der Waals surface area contributed by atoms with Crippen molar-refractivity contribution in [3.63, 3.8) is 0 Å². The highest BCUT2D eigenvalue weighted by molar-refractivity contribution is 5.75. The lowest BCUT2D eigenvalue weighted by Gasteiger charge is -2.33. The normalized spacial score (nSPS) is 20.9. The number of hydrogen-bond donors (Lipinski definition) is 0. The third kappa shape index (κ3) is 2.90. The summed E-state index contributed by atoms with van der Waals surface area (Å²) in [6, 6.07) is 1.97. The molecule has 0 bridgehead atoms. The van der Waals surface area contributed by atoms with Gasteiger partial charge in [-0.2, -0.15) is 5.10 Å². The van der Waals surface area contributed by atoms with Gasteiger partial charge in [0.05, 0.1) is 7.11 Å². The van der Waals surface area contributed by atoms with E-state index in [2.05, 4.69) is 10.00 Å². The molecule has 0 N–H and O–H groups in total.